The summed E-state index contributed by atoms with van der Waals surface area (Å²) >= 11 is 0. The van der Waals surface area contributed by atoms with Crippen molar-refractivity contribution in [2.24, 2.45) is 11.3 Å². The van der Waals surface area contributed by atoms with Gasteiger partial charge in [0.25, 0.3) is 0 Å². The lowest BCUT2D eigenvalue weighted by molar-refractivity contribution is 0.00256. The number of aliphatic hydroxyl groups is 1. The van der Waals surface area contributed by atoms with E-state index in [4.69, 9.17) is 4.74 Å². The normalized spacial score (nSPS) is 25.5. The summed E-state index contributed by atoms with van der Waals surface area (Å²) in [5.74, 6) is 0.634. The summed E-state index contributed by atoms with van der Waals surface area (Å²) in [7, 11) is 0. The van der Waals surface area contributed by atoms with Gasteiger partial charge in [0.05, 0.1) is 6.61 Å². The van der Waals surface area contributed by atoms with E-state index < -0.39 is 6.09 Å². The van der Waals surface area contributed by atoms with E-state index in [1.807, 2.05) is 30.3 Å². The third-order valence-electron chi connectivity index (χ3n) is 3.72. The van der Waals surface area contributed by atoms with Gasteiger partial charge in [-0.15, -0.1) is 0 Å². The van der Waals surface area contributed by atoms with E-state index in [-0.39, 0.29) is 18.6 Å². The molecule has 1 aliphatic rings. The zero-order chi connectivity index (χ0) is 13.7. The fourth-order valence-electron chi connectivity index (χ4n) is 2.78. The highest BCUT2D eigenvalue weighted by atomic mass is 16.5. The van der Waals surface area contributed by atoms with E-state index in [2.05, 4.69) is 12.2 Å². The Morgan fingerprint density at radius 2 is 2.11 bits per heavy atom. The van der Waals surface area contributed by atoms with Crippen LogP contribution in [0.5, 0.6) is 0 Å². The Morgan fingerprint density at radius 3 is 2.68 bits per heavy atom. The summed E-state index contributed by atoms with van der Waals surface area (Å²) in [5.41, 5.74) is 0.831. The first-order valence-electron chi connectivity index (χ1n) is 6.69. The van der Waals surface area contributed by atoms with E-state index in [9.17, 15) is 9.90 Å². The van der Waals surface area contributed by atoms with Gasteiger partial charge in [0.1, 0.15) is 6.61 Å². The third kappa shape index (κ3) is 3.70. The molecule has 2 N–H and O–H groups in total. The van der Waals surface area contributed by atoms with E-state index >= 15 is 0 Å². The largest absolute Gasteiger partial charge is 0.445 e. The van der Waals surface area contributed by atoms with Crippen molar-refractivity contribution in [3.63, 3.8) is 0 Å². The Kier molecular flexibility index (Phi) is 4.43. The second-order valence-electron chi connectivity index (χ2n) is 5.59. The third-order valence-corrected chi connectivity index (χ3v) is 3.72. The molecule has 0 unspecified atom stereocenters. The van der Waals surface area contributed by atoms with Gasteiger partial charge in [-0.2, -0.15) is 0 Å². The first kappa shape index (κ1) is 13.9. The summed E-state index contributed by atoms with van der Waals surface area (Å²) in [6.45, 7) is 3.04. The van der Waals surface area contributed by atoms with Gasteiger partial charge in [0.15, 0.2) is 0 Å². The Balaban J connectivity index is 1.70. The van der Waals surface area contributed by atoms with E-state index in [1.165, 1.54) is 0 Å². The summed E-state index contributed by atoms with van der Waals surface area (Å²) in [4.78, 5) is 11.6. The molecule has 1 saturated carbocycles. The smallest absolute Gasteiger partial charge is 0.407 e. The lowest BCUT2D eigenvalue weighted by Gasteiger charge is -2.45. The van der Waals surface area contributed by atoms with Gasteiger partial charge in [0.2, 0.25) is 0 Å². The van der Waals surface area contributed by atoms with E-state index in [0.29, 0.717) is 12.5 Å². The second kappa shape index (κ2) is 6.06. The summed E-state index contributed by atoms with van der Waals surface area (Å²) < 4.78 is 5.13. The molecule has 0 aromatic heterocycles. The highest BCUT2D eigenvalue weighted by Gasteiger charge is 2.41. The molecule has 0 saturated heterocycles. The van der Waals surface area contributed by atoms with E-state index in [0.717, 1.165) is 18.4 Å². The van der Waals surface area contributed by atoms with Gasteiger partial charge in [-0.3, -0.25) is 0 Å². The molecular weight excluding hydrogens is 242 g/mol. The Hall–Kier alpha value is -1.55. The van der Waals surface area contributed by atoms with Crippen LogP contribution in [0, 0.1) is 11.3 Å². The molecule has 1 aromatic carbocycles. The Labute approximate surface area is 113 Å². The predicted octanol–water partition coefficient (Wildman–Crippen LogP) is 2.32. The number of nitrogens with one attached hydrogen (secondary N) is 1. The lowest BCUT2D eigenvalue weighted by atomic mass is 9.63. The van der Waals surface area contributed by atoms with Gasteiger partial charge in [-0.1, -0.05) is 37.3 Å². The average Bonchev–Trinajstić information content (AvgIpc) is 2.41. The molecular formula is C15H21NO3. The maximum atomic E-state index is 11.6. The summed E-state index contributed by atoms with van der Waals surface area (Å²) in [5, 5.41) is 12.1. The minimum absolute atomic E-state index is 0.121. The number of hydrogen-bond acceptors (Lipinski definition) is 3. The molecule has 104 valence electrons. The van der Waals surface area contributed by atoms with E-state index in [1.54, 1.807) is 0 Å². The van der Waals surface area contributed by atoms with Crippen molar-refractivity contribution in [1.29, 1.82) is 0 Å². The minimum atomic E-state index is -0.420. The Bertz CT molecular complexity index is 413. The summed E-state index contributed by atoms with van der Waals surface area (Å²) in [6, 6.07) is 9.57. The molecule has 19 heavy (non-hydrogen) atoms. The van der Waals surface area contributed by atoms with Crippen molar-refractivity contribution < 1.29 is 14.6 Å². The molecule has 0 spiro atoms. The molecule has 0 atom stereocenters. The van der Waals surface area contributed by atoms with Crippen LogP contribution in [-0.2, 0) is 11.3 Å². The quantitative estimate of drug-likeness (QED) is 0.857. The molecule has 1 aliphatic carbocycles. The molecule has 2 rings (SSSR count). The van der Waals surface area contributed by atoms with Crippen LogP contribution in [0.3, 0.4) is 0 Å². The average molecular weight is 263 g/mol. The van der Waals surface area contributed by atoms with Crippen LogP contribution in [0.15, 0.2) is 30.3 Å². The van der Waals surface area contributed by atoms with Gasteiger partial charge < -0.3 is 15.2 Å². The number of benzene rings is 1. The second-order valence-corrected chi connectivity index (χ2v) is 5.59. The highest BCUT2D eigenvalue weighted by molar-refractivity contribution is 5.67. The molecule has 1 amide bonds. The standard InChI is InChI=1S/C15H21NO3/c1-12-7-15(8-12,11-17)10-16-14(18)19-9-13-5-3-2-4-6-13/h2-6,12,17H,7-11H2,1H3,(H,16,18). The molecule has 0 bridgehead atoms. The van der Waals surface area contributed by atoms with Gasteiger partial charge in [-0.05, 0) is 24.3 Å². The first-order valence-corrected chi connectivity index (χ1v) is 6.69. The number of rotatable bonds is 5. The molecule has 1 aromatic rings. The molecule has 1 fully saturated rings. The van der Waals surface area contributed by atoms with Crippen molar-refractivity contribution in [3.8, 4) is 0 Å². The molecule has 4 nitrogen and oxygen atoms in total. The van der Waals surface area contributed by atoms with Gasteiger partial charge >= 0.3 is 6.09 Å². The fourth-order valence-corrected chi connectivity index (χ4v) is 2.78. The number of carbonyl (C=O) groups is 1. The van der Waals surface area contributed by atoms with Crippen molar-refractivity contribution in [2.75, 3.05) is 13.2 Å². The summed E-state index contributed by atoms with van der Waals surface area (Å²) in [6.07, 6.45) is 1.50. The zero-order valence-electron chi connectivity index (χ0n) is 11.3. The van der Waals surface area contributed by atoms with Crippen LogP contribution in [0.25, 0.3) is 0 Å². The van der Waals surface area contributed by atoms with Crippen molar-refractivity contribution in [3.05, 3.63) is 35.9 Å². The fraction of sp³-hybridized carbons (Fsp3) is 0.533. The maximum absolute atomic E-state index is 11.6. The maximum Gasteiger partial charge on any atom is 0.407 e. The monoisotopic (exact) mass is 263 g/mol. The van der Waals surface area contributed by atoms with Gasteiger partial charge in [0, 0.05) is 12.0 Å². The van der Waals surface area contributed by atoms with Crippen molar-refractivity contribution >= 4 is 6.09 Å². The van der Waals surface area contributed by atoms with Gasteiger partial charge in [-0.25, -0.2) is 4.79 Å². The van der Waals surface area contributed by atoms with Crippen LogP contribution >= 0.6 is 0 Å². The number of hydrogen-bond donors (Lipinski definition) is 2. The minimum Gasteiger partial charge on any atom is -0.445 e. The molecule has 0 heterocycles. The van der Waals surface area contributed by atoms with Crippen LogP contribution in [0.2, 0.25) is 0 Å². The SMILES string of the molecule is CC1CC(CO)(CNC(=O)OCc2ccccc2)C1. The Morgan fingerprint density at radius 1 is 1.42 bits per heavy atom. The number of aliphatic hydroxyl groups excluding tert-OH is 1. The van der Waals surface area contributed by atoms with Crippen LogP contribution < -0.4 is 5.32 Å². The van der Waals surface area contributed by atoms with Crippen LogP contribution in [-0.4, -0.2) is 24.4 Å². The predicted molar refractivity (Wildman–Crippen MR) is 72.5 cm³/mol. The topological polar surface area (TPSA) is 58.6 Å². The number of amides is 1. The van der Waals surface area contributed by atoms with Crippen LogP contribution in [0.1, 0.15) is 25.3 Å². The zero-order valence-corrected chi connectivity index (χ0v) is 11.3. The van der Waals surface area contributed by atoms with Crippen molar-refractivity contribution in [1.82, 2.24) is 5.32 Å². The number of carbonyl (C=O) groups excluding carboxylic acids is 1. The first-order chi connectivity index (χ1) is 9.13. The lowest BCUT2D eigenvalue weighted by Crippen LogP contribution is -2.48. The number of ether oxygens (including phenoxy) is 1. The molecule has 0 aliphatic heterocycles. The number of alkyl carbamates (subject to hydrolysis) is 1. The molecule has 4 heteroatoms. The van der Waals surface area contributed by atoms with Crippen molar-refractivity contribution in [2.45, 2.75) is 26.4 Å². The van der Waals surface area contributed by atoms with Crippen LogP contribution in [0.4, 0.5) is 4.79 Å². The highest BCUT2D eigenvalue weighted by Crippen LogP contribution is 2.44. The molecule has 0 radical (unpaired) electrons.